The predicted octanol–water partition coefficient (Wildman–Crippen LogP) is -0.225. The zero-order valence-corrected chi connectivity index (χ0v) is 43.4. The summed E-state index contributed by atoms with van der Waals surface area (Å²) in [6, 6.07) is 0. The number of ether oxygens (including phenoxy) is 7. The van der Waals surface area contributed by atoms with Gasteiger partial charge in [-0.2, -0.15) is 0 Å². The zero-order valence-electron chi connectivity index (χ0n) is 43.4. The van der Waals surface area contributed by atoms with Crippen LogP contribution in [0.2, 0.25) is 0 Å². The van der Waals surface area contributed by atoms with Crippen molar-refractivity contribution in [1.82, 2.24) is 0 Å². The summed E-state index contributed by atoms with van der Waals surface area (Å²) in [5.41, 5.74) is -3.15. The summed E-state index contributed by atoms with van der Waals surface area (Å²) in [6.07, 6.45) is -22.3. The van der Waals surface area contributed by atoms with Crippen molar-refractivity contribution < 1.29 is 104 Å². The van der Waals surface area contributed by atoms with Gasteiger partial charge in [0, 0.05) is 11.0 Å². The molecule has 3 aliphatic heterocycles. The third-order valence-electron chi connectivity index (χ3n) is 20.1. The molecule has 0 aromatic carbocycles. The molecule has 7 fully saturated rings. The van der Waals surface area contributed by atoms with Crippen molar-refractivity contribution >= 4 is 11.9 Å². The Hall–Kier alpha value is -2.26. The van der Waals surface area contributed by atoms with E-state index in [1.165, 1.54) is 0 Å². The van der Waals surface area contributed by atoms with Crippen molar-refractivity contribution in [3.05, 3.63) is 23.3 Å². The number of hydrogen-bond donors (Lipinski definition) is 12. The third-order valence-corrected chi connectivity index (χ3v) is 20.1. The summed E-state index contributed by atoms with van der Waals surface area (Å²) in [6.45, 7) is 16.3. The lowest BCUT2D eigenvalue weighted by Crippen LogP contribution is -2.74. The molecular formula is C52H82O21. The molecule has 25 atom stereocenters. The van der Waals surface area contributed by atoms with Crippen LogP contribution >= 0.6 is 0 Å². The fraction of sp³-hybridized carbons (Fsp3) is 0.885. The SMILES string of the molecule is C/C=C(/C)C(=O)O[C@H]1CC(C)(C)C[C@H]2C3=CC[C@@H]4[C@@]5(C)CC[C@H](O[C@@H]6O[C@H](C(=O)O)[C@@H](O)[C@H](O[C@@H]7OC[C@H](O)[C@H](O)[C@H]7O)[C@H]6O[C@@H]6O[C@H](CO)[C@@H](O)[C@H](O)[C@H]6O)C(C)(C)[C@@H]5CC[C@@]4(C)[C@]3(C)[C@@H](O)[C@@H](O)[C@@]12CO. The first kappa shape index (κ1) is 56.9. The number of carbonyl (C=O) groups excluding carboxylic acids is 1. The average Bonchev–Trinajstić information content (AvgIpc) is 3.33. The van der Waals surface area contributed by atoms with Crippen molar-refractivity contribution in [2.75, 3.05) is 19.8 Å². The standard InChI is InChI=1S/C52H82O21/c1-10-22(2)43(66)69-30-18-47(3,4)17-24-23-11-12-28-49(7)15-14-29(48(5,6)27(49)13-16-50(28,8)51(23,9)40(62)41(63)52(24,30)21-54)70-46-39(73-45-35(60)33(58)32(57)26(19-53)68-45)37(36(61)38(72-46)42(64)65)71-44-34(59)31(56)25(55)20-67-44/h10-11,24-41,44-46,53-63H,12-21H2,1-9H3,(H,64,65)/b22-10-/t24-,25-,26+,27-,28+,29-,30-,31-,32+,33-,34+,35+,36-,37-,38-,39+,40-,41+,44-,45-,46+,49-,50+,51-,52+/m0/s1. The van der Waals surface area contributed by atoms with Gasteiger partial charge in [0.2, 0.25) is 0 Å². The lowest BCUT2D eigenvalue weighted by molar-refractivity contribution is -0.392. The number of aliphatic hydroxyl groups is 11. The summed E-state index contributed by atoms with van der Waals surface area (Å²) >= 11 is 0. The summed E-state index contributed by atoms with van der Waals surface area (Å²) < 4.78 is 42.5. The second-order valence-electron chi connectivity index (χ2n) is 24.7. The summed E-state index contributed by atoms with van der Waals surface area (Å²) in [4.78, 5) is 26.2. The van der Waals surface area contributed by atoms with Crippen LogP contribution in [0, 0.1) is 50.2 Å². The maximum atomic E-state index is 13.4. The summed E-state index contributed by atoms with van der Waals surface area (Å²) in [5.74, 6) is -2.76. The molecule has 21 nitrogen and oxygen atoms in total. The van der Waals surface area contributed by atoms with Crippen LogP contribution < -0.4 is 0 Å². The molecular weight excluding hydrogens is 961 g/mol. The Kier molecular flexibility index (Phi) is 15.7. The van der Waals surface area contributed by atoms with Crippen LogP contribution in [0.15, 0.2) is 23.3 Å². The van der Waals surface area contributed by atoms with Crippen molar-refractivity contribution in [2.45, 2.75) is 218 Å². The zero-order chi connectivity index (χ0) is 53.9. The number of allylic oxidation sites excluding steroid dienone is 2. The molecule has 0 unspecified atom stereocenters. The van der Waals surface area contributed by atoms with Crippen LogP contribution in [0.3, 0.4) is 0 Å². The molecule has 0 aromatic rings. The van der Waals surface area contributed by atoms with Gasteiger partial charge in [-0.3, -0.25) is 0 Å². The molecule has 12 N–H and O–H groups in total. The van der Waals surface area contributed by atoms with E-state index in [0.29, 0.717) is 50.5 Å². The summed E-state index contributed by atoms with van der Waals surface area (Å²) in [7, 11) is 0. The van der Waals surface area contributed by atoms with Crippen LogP contribution in [-0.4, -0.2) is 203 Å². The Morgan fingerprint density at radius 2 is 1.38 bits per heavy atom. The van der Waals surface area contributed by atoms with Gasteiger partial charge in [-0.25, -0.2) is 9.59 Å². The van der Waals surface area contributed by atoms with Gasteiger partial charge in [0.15, 0.2) is 25.0 Å². The number of carboxylic acids is 1. The normalized spacial score (nSPS) is 51.6. The van der Waals surface area contributed by atoms with Crippen molar-refractivity contribution in [3.63, 3.8) is 0 Å². The molecule has 8 rings (SSSR count). The van der Waals surface area contributed by atoms with Gasteiger partial charge >= 0.3 is 11.9 Å². The monoisotopic (exact) mass is 1040 g/mol. The molecule has 0 spiro atoms. The lowest BCUT2D eigenvalue weighted by atomic mass is 9.32. The maximum Gasteiger partial charge on any atom is 0.335 e. The number of hydrogen-bond acceptors (Lipinski definition) is 20. The van der Waals surface area contributed by atoms with Gasteiger partial charge in [0.25, 0.3) is 0 Å². The number of aliphatic hydroxyl groups excluding tert-OH is 11. The Bertz CT molecular complexity index is 2100. The van der Waals surface area contributed by atoms with Gasteiger partial charge in [-0.05, 0) is 98.2 Å². The molecule has 3 saturated heterocycles. The van der Waals surface area contributed by atoms with E-state index in [0.717, 1.165) is 5.57 Å². The molecule has 0 radical (unpaired) electrons. The highest BCUT2D eigenvalue weighted by atomic mass is 16.8. The highest BCUT2D eigenvalue weighted by Crippen LogP contribution is 2.76. The minimum atomic E-state index is -2.10. The smallest absolute Gasteiger partial charge is 0.335 e. The molecule has 3 heterocycles. The fourth-order valence-corrected chi connectivity index (χ4v) is 15.7. The topological polar surface area (TPSA) is 342 Å². The number of fused-ring (bicyclic) bond motifs is 7. The molecule has 73 heavy (non-hydrogen) atoms. The van der Waals surface area contributed by atoms with E-state index in [4.69, 9.17) is 33.2 Å². The first-order valence-corrected chi connectivity index (χ1v) is 26.0. The number of rotatable bonds is 11. The molecule has 4 saturated carbocycles. The van der Waals surface area contributed by atoms with Crippen LogP contribution in [0.4, 0.5) is 0 Å². The largest absolute Gasteiger partial charge is 0.479 e. The molecule has 0 bridgehead atoms. The van der Waals surface area contributed by atoms with E-state index >= 15 is 0 Å². The fourth-order valence-electron chi connectivity index (χ4n) is 15.7. The van der Waals surface area contributed by atoms with Crippen molar-refractivity contribution in [2.24, 2.45) is 50.2 Å². The Morgan fingerprint density at radius 3 is 2.01 bits per heavy atom. The highest BCUT2D eigenvalue weighted by molar-refractivity contribution is 5.87. The molecule has 416 valence electrons. The highest BCUT2D eigenvalue weighted by Gasteiger charge is 2.75. The van der Waals surface area contributed by atoms with Gasteiger partial charge < -0.3 is 94.4 Å². The predicted molar refractivity (Wildman–Crippen MR) is 252 cm³/mol. The van der Waals surface area contributed by atoms with Crippen LogP contribution in [0.1, 0.15) is 107 Å². The van der Waals surface area contributed by atoms with Gasteiger partial charge in [-0.1, -0.05) is 66.2 Å². The van der Waals surface area contributed by atoms with E-state index in [1.54, 1.807) is 19.9 Å². The number of carboxylic acid groups (broad SMARTS) is 1. The number of carbonyl (C=O) groups is 2. The van der Waals surface area contributed by atoms with E-state index in [9.17, 15) is 70.9 Å². The summed E-state index contributed by atoms with van der Waals surface area (Å²) in [5, 5.41) is 133. The van der Waals surface area contributed by atoms with Crippen LogP contribution in [0.5, 0.6) is 0 Å². The minimum Gasteiger partial charge on any atom is -0.479 e. The molecule has 8 aliphatic rings. The van der Waals surface area contributed by atoms with Crippen molar-refractivity contribution in [1.29, 1.82) is 0 Å². The van der Waals surface area contributed by atoms with Crippen molar-refractivity contribution in [3.8, 4) is 0 Å². The van der Waals surface area contributed by atoms with Gasteiger partial charge in [0.05, 0.1) is 43.5 Å². The van der Waals surface area contributed by atoms with E-state index < -0.39 is 175 Å². The molecule has 5 aliphatic carbocycles. The van der Waals surface area contributed by atoms with Gasteiger partial charge in [0.1, 0.15) is 67.1 Å². The van der Waals surface area contributed by atoms with Crippen LogP contribution in [0.25, 0.3) is 0 Å². The Labute approximate surface area is 426 Å². The first-order chi connectivity index (χ1) is 34.0. The second-order valence-corrected chi connectivity index (χ2v) is 24.7. The first-order valence-electron chi connectivity index (χ1n) is 26.0. The molecule has 21 heteroatoms. The van der Waals surface area contributed by atoms with Crippen LogP contribution in [-0.2, 0) is 42.7 Å². The molecule has 0 aromatic heterocycles. The number of esters is 1. The average molecular weight is 1040 g/mol. The number of aliphatic carboxylic acids is 1. The third kappa shape index (κ3) is 8.89. The minimum absolute atomic E-state index is 0.0629. The maximum absolute atomic E-state index is 13.4. The lowest BCUT2D eigenvalue weighted by Gasteiger charge is -2.73. The van der Waals surface area contributed by atoms with Gasteiger partial charge in [-0.15, -0.1) is 0 Å². The molecule has 0 amide bonds. The quantitative estimate of drug-likeness (QED) is 0.0551. The Balaban J connectivity index is 1.12. The van der Waals surface area contributed by atoms with E-state index in [-0.39, 0.29) is 17.3 Å². The second kappa shape index (κ2) is 20.2. The van der Waals surface area contributed by atoms with E-state index in [1.807, 2.05) is 20.8 Å². The Morgan fingerprint density at radius 1 is 0.726 bits per heavy atom. The van der Waals surface area contributed by atoms with E-state index in [2.05, 4.69) is 33.8 Å².